The van der Waals surface area contributed by atoms with Crippen molar-refractivity contribution in [2.45, 2.75) is 47.6 Å². The normalized spacial score (nSPS) is 11.7. The van der Waals surface area contributed by atoms with Gasteiger partial charge >= 0.3 is 0 Å². The van der Waals surface area contributed by atoms with Crippen molar-refractivity contribution in [3.63, 3.8) is 0 Å². The smallest absolute Gasteiger partial charge is 0.259 e. The van der Waals surface area contributed by atoms with Crippen LogP contribution in [0.25, 0.3) is 22.4 Å². The maximum absolute atomic E-state index is 13.0. The molecular weight excluding hydrogens is 356 g/mol. The van der Waals surface area contributed by atoms with Crippen LogP contribution in [0.1, 0.15) is 48.3 Å². The zero-order valence-corrected chi connectivity index (χ0v) is 17.4. The molecule has 3 rings (SSSR count). The summed E-state index contributed by atoms with van der Waals surface area (Å²) >= 11 is 0. The average molecular weight is 384 g/mol. The van der Waals surface area contributed by atoms with Gasteiger partial charge in [-0.2, -0.15) is 0 Å². The van der Waals surface area contributed by atoms with Crippen molar-refractivity contribution in [3.8, 4) is 11.3 Å². The van der Waals surface area contributed by atoms with E-state index in [1.54, 1.807) is 6.07 Å². The molecular formula is C21H28N4O3. The van der Waals surface area contributed by atoms with Gasteiger partial charge in [0.2, 0.25) is 0 Å². The van der Waals surface area contributed by atoms with E-state index >= 15 is 0 Å². The Bertz CT molecular complexity index is 987. The third-order valence-corrected chi connectivity index (χ3v) is 5.00. The first-order chi connectivity index (χ1) is 13.3. The Hall–Kier alpha value is -2.67. The number of aromatic nitrogens is 2. The molecule has 1 N–H and O–H groups in total. The van der Waals surface area contributed by atoms with E-state index in [-0.39, 0.29) is 5.91 Å². The van der Waals surface area contributed by atoms with Crippen molar-refractivity contribution < 1.29 is 13.7 Å². The van der Waals surface area contributed by atoms with Crippen molar-refractivity contribution in [3.05, 3.63) is 34.9 Å². The standard InChI is InChI=1S/C21H28N4O3/c1-7-25(12(2)3)9-8-22-20(26)17-11-18(16-10-13(4)27-15(16)6)23-21-19(17)14(5)24-28-21/h10-12H,7-9H2,1-6H3,(H,22,26). The highest BCUT2D eigenvalue weighted by Crippen LogP contribution is 2.30. The van der Waals surface area contributed by atoms with Gasteiger partial charge in [-0.05, 0) is 53.3 Å². The third-order valence-electron chi connectivity index (χ3n) is 5.00. The Labute approximate surface area is 165 Å². The number of likely N-dealkylation sites (N-methyl/N-ethyl adjacent to an activating group) is 1. The Morgan fingerprint density at radius 1 is 1.25 bits per heavy atom. The Balaban J connectivity index is 1.91. The quantitative estimate of drug-likeness (QED) is 0.666. The number of nitrogens with one attached hydrogen (secondary N) is 1. The lowest BCUT2D eigenvalue weighted by molar-refractivity contribution is 0.0947. The molecule has 1 amide bonds. The Morgan fingerprint density at radius 2 is 2.00 bits per heavy atom. The molecule has 0 radical (unpaired) electrons. The summed E-state index contributed by atoms with van der Waals surface area (Å²) in [5.74, 6) is 1.39. The molecule has 7 nitrogen and oxygen atoms in total. The molecule has 0 saturated carbocycles. The second-order valence-electron chi connectivity index (χ2n) is 7.31. The van der Waals surface area contributed by atoms with Gasteiger partial charge < -0.3 is 14.3 Å². The van der Waals surface area contributed by atoms with Gasteiger partial charge in [-0.3, -0.25) is 9.69 Å². The lowest BCUT2D eigenvalue weighted by Gasteiger charge is -2.24. The fraction of sp³-hybridized carbons (Fsp3) is 0.476. The summed E-state index contributed by atoms with van der Waals surface area (Å²) in [7, 11) is 0. The van der Waals surface area contributed by atoms with E-state index in [1.165, 1.54) is 0 Å². The van der Waals surface area contributed by atoms with Crippen molar-refractivity contribution in [1.29, 1.82) is 0 Å². The van der Waals surface area contributed by atoms with Crippen molar-refractivity contribution >= 4 is 17.0 Å². The second kappa shape index (κ2) is 8.14. The minimum atomic E-state index is -0.155. The highest BCUT2D eigenvalue weighted by molar-refractivity contribution is 6.07. The molecule has 3 aromatic rings. The van der Waals surface area contributed by atoms with Gasteiger partial charge in [0, 0.05) is 24.7 Å². The zero-order chi connectivity index (χ0) is 20.4. The van der Waals surface area contributed by atoms with Gasteiger partial charge in [-0.1, -0.05) is 12.1 Å². The highest BCUT2D eigenvalue weighted by Gasteiger charge is 2.21. The fourth-order valence-corrected chi connectivity index (χ4v) is 3.49. The largest absolute Gasteiger partial charge is 0.466 e. The maximum Gasteiger partial charge on any atom is 0.259 e. The molecule has 3 heterocycles. The van der Waals surface area contributed by atoms with Crippen LogP contribution in [0.2, 0.25) is 0 Å². The lowest BCUT2D eigenvalue weighted by Crippen LogP contribution is -2.38. The van der Waals surface area contributed by atoms with Gasteiger partial charge in [-0.25, -0.2) is 4.98 Å². The SMILES string of the molecule is CCN(CCNC(=O)c1cc(-c2cc(C)oc2C)nc2onc(C)c12)C(C)C. The van der Waals surface area contributed by atoms with Crippen LogP contribution in [0.3, 0.4) is 0 Å². The molecule has 0 aliphatic heterocycles. The van der Waals surface area contributed by atoms with Crippen LogP contribution in [-0.2, 0) is 0 Å². The molecule has 7 heteroatoms. The molecule has 0 aliphatic rings. The number of carbonyl (C=O) groups is 1. The van der Waals surface area contributed by atoms with Crippen LogP contribution < -0.4 is 5.32 Å². The molecule has 0 saturated heterocycles. The number of hydrogen-bond acceptors (Lipinski definition) is 6. The molecule has 28 heavy (non-hydrogen) atoms. The van der Waals surface area contributed by atoms with Crippen LogP contribution in [0, 0.1) is 20.8 Å². The predicted molar refractivity (Wildman–Crippen MR) is 108 cm³/mol. The van der Waals surface area contributed by atoms with E-state index in [2.05, 4.69) is 41.1 Å². The van der Waals surface area contributed by atoms with E-state index in [1.807, 2.05) is 26.8 Å². The van der Waals surface area contributed by atoms with Crippen LogP contribution in [0.5, 0.6) is 0 Å². The molecule has 3 aromatic heterocycles. The van der Waals surface area contributed by atoms with Gasteiger partial charge in [0.15, 0.2) is 0 Å². The van der Waals surface area contributed by atoms with E-state index in [0.29, 0.717) is 40.6 Å². The first-order valence-electron chi connectivity index (χ1n) is 9.68. The van der Waals surface area contributed by atoms with Gasteiger partial charge in [0.05, 0.1) is 22.3 Å². The van der Waals surface area contributed by atoms with Gasteiger partial charge in [-0.15, -0.1) is 0 Å². The van der Waals surface area contributed by atoms with Crippen LogP contribution in [0.4, 0.5) is 0 Å². The number of amides is 1. The second-order valence-corrected chi connectivity index (χ2v) is 7.31. The molecule has 0 bridgehead atoms. The number of rotatable bonds is 7. The van der Waals surface area contributed by atoms with Crippen LogP contribution >= 0.6 is 0 Å². The average Bonchev–Trinajstić information content (AvgIpc) is 3.19. The number of nitrogens with zero attached hydrogens (tertiary/aromatic N) is 3. The predicted octanol–water partition coefficient (Wildman–Crippen LogP) is 3.87. The molecule has 0 aliphatic carbocycles. The Morgan fingerprint density at radius 3 is 2.61 bits per heavy atom. The summed E-state index contributed by atoms with van der Waals surface area (Å²) < 4.78 is 11.0. The molecule has 0 unspecified atom stereocenters. The number of aryl methyl sites for hydroxylation is 3. The molecule has 150 valence electrons. The maximum atomic E-state index is 13.0. The number of carbonyl (C=O) groups excluding carboxylic acids is 1. The summed E-state index contributed by atoms with van der Waals surface area (Å²) in [6, 6.07) is 4.14. The summed E-state index contributed by atoms with van der Waals surface area (Å²) in [5.41, 5.74) is 3.01. The molecule has 0 fully saturated rings. The first-order valence-corrected chi connectivity index (χ1v) is 9.68. The number of furan rings is 1. The van der Waals surface area contributed by atoms with Crippen LogP contribution in [0.15, 0.2) is 21.1 Å². The molecule has 0 spiro atoms. The van der Waals surface area contributed by atoms with E-state index in [0.717, 1.165) is 30.2 Å². The number of fused-ring (bicyclic) bond motifs is 1. The fourth-order valence-electron chi connectivity index (χ4n) is 3.49. The zero-order valence-electron chi connectivity index (χ0n) is 17.4. The van der Waals surface area contributed by atoms with E-state index in [4.69, 9.17) is 8.94 Å². The minimum absolute atomic E-state index is 0.155. The first kappa shape index (κ1) is 20.1. The number of hydrogen-bond donors (Lipinski definition) is 1. The van der Waals surface area contributed by atoms with Gasteiger partial charge in [0.1, 0.15) is 11.5 Å². The Kier molecular flexibility index (Phi) is 5.84. The summed E-state index contributed by atoms with van der Waals surface area (Å²) in [4.78, 5) is 19.8. The van der Waals surface area contributed by atoms with Gasteiger partial charge in [0.25, 0.3) is 11.6 Å². The monoisotopic (exact) mass is 384 g/mol. The van der Waals surface area contributed by atoms with Crippen molar-refractivity contribution in [2.75, 3.05) is 19.6 Å². The number of pyridine rings is 1. The molecule has 0 atom stereocenters. The van der Waals surface area contributed by atoms with Crippen molar-refractivity contribution in [2.24, 2.45) is 0 Å². The molecule has 0 aromatic carbocycles. The van der Waals surface area contributed by atoms with E-state index < -0.39 is 0 Å². The van der Waals surface area contributed by atoms with E-state index in [9.17, 15) is 4.79 Å². The third kappa shape index (κ3) is 3.94. The summed E-state index contributed by atoms with van der Waals surface area (Å²) in [5, 5.41) is 7.67. The lowest BCUT2D eigenvalue weighted by atomic mass is 10.1. The summed E-state index contributed by atoms with van der Waals surface area (Å²) in [6.07, 6.45) is 0. The van der Waals surface area contributed by atoms with Crippen LogP contribution in [-0.4, -0.2) is 46.6 Å². The highest BCUT2D eigenvalue weighted by atomic mass is 16.5. The minimum Gasteiger partial charge on any atom is -0.466 e. The summed E-state index contributed by atoms with van der Waals surface area (Å²) in [6.45, 7) is 14.3. The van der Waals surface area contributed by atoms with Crippen molar-refractivity contribution in [1.82, 2.24) is 20.4 Å². The topological polar surface area (TPSA) is 84.4 Å².